The molecule has 1 unspecified atom stereocenters. The van der Waals surface area contributed by atoms with Gasteiger partial charge in [-0.15, -0.1) is 11.3 Å². The van der Waals surface area contributed by atoms with Crippen LogP contribution in [0.5, 0.6) is 0 Å². The molecule has 1 saturated heterocycles. The molecule has 106 valence electrons. The Morgan fingerprint density at radius 2 is 2.26 bits per heavy atom. The maximum absolute atomic E-state index is 12.2. The van der Waals surface area contributed by atoms with Crippen LogP contribution < -0.4 is 0 Å². The van der Waals surface area contributed by atoms with Crippen molar-refractivity contribution in [3.63, 3.8) is 0 Å². The van der Waals surface area contributed by atoms with Crippen LogP contribution in [0.4, 0.5) is 0 Å². The molecular formula is C13H18Cl2N2OS. The molecule has 0 amide bonds. The number of hydrogen-bond acceptors (Lipinski definition) is 4. The number of ketones is 1. The van der Waals surface area contributed by atoms with Gasteiger partial charge in [-0.1, -0.05) is 23.2 Å². The average Bonchev–Trinajstić information content (AvgIpc) is 2.69. The summed E-state index contributed by atoms with van der Waals surface area (Å²) in [5.74, 6) is 0.0626. The van der Waals surface area contributed by atoms with E-state index >= 15 is 0 Å². The minimum absolute atomic E-state index is 0.0626. The Kier molecular flexibility index (Phi) is 5.26. The number of nitrogens with zero attached hydrogens (tertiary/aromatic N) is 2. The van der Waals surface area contributed by atoms with E-state index in [2.05, 4.69) is 23.9 Å². The molecule has 0 radical (unpaired) electrons. The molecule has 3 nitrogen and oxygen atoms in total. The van der Waals surface area contributed by atoms with Gasteiger partial charge in [0.05, 0.1) is 16.4 Å². The molecule has 2 rings (SSSR count). The van der Waals surface area contributed by atoms with Gasteiger partial charge in [0.2, 0.25) is 0 Å². The summed E-state index contributed by atoms with van der Waals surface area (Å²) in [5.41, 5.74) is 0.559. The Morgan fingerprint density at radius 1 is 1.53 bits per heavy atom. The fourth-order valence-corrected chi connectivity index (χ4v) is 3.91. The number of rotatable bonds is 4. The highest BCUT2D eigenvalue weighted by Gasteiger charge is 2.24. The van der Waals surface area contributed by atoms with Crippen molar-refractivity contribution in [2.24, 2.45) is 0 Å². The highest BCUT2D eigenvalue weighted by atomic mass is 35.5. The first kappa shape index (κ1) is 15.3. The predicted molar refractivity (Wildman–Crippen MR) is 81.8 cm³/mol. The normalized spacial score (nSPS) is 21.0. The molecule has 0 aliphatic carbocycles. The first-order valence-corrected chi connectivity index (χ1v) is 7.91. The van der Waals surface area contributed by atoms with Gasteiger partial charge in [0.15, 0.2) is 5.78 Å². The summed E-state index contributed by atoms with van der Waals surface area (Å²) in [6.07, 6.45) is 2.33. The third-order valence-electron chi connectivity index (χ3n) is 3.54. The van der Waals surface area contributed by atoms with Gasteiger partial charge in [0.25, 0.3) is 0 Å². The summed E-state index contributed by atoms with van der Waals surface area (Å²) in [4.78, 5) is 16.7. The summed E-state index contributed by atoms with van der Waals surface area (Å²) in [7, 11) is 4.18. The summed E-state index contributed by atoms with van der Waals surface area (Å²) >= 11 is 13.2. The number of hydrogen-bond donors (Lipinski definition) is 0. The number of likely N-dealkylation sites (tertiary alicyclic amines) is 1. The molecule has 1 aliphatic heterocycles. The summed E-state index contributed by atoms with van der Waals surface area (Å²) in [5, 5.41) is 0. The van der Waals surface area contributed by atoms with E-state index in [0.29, 0.717) is 26.8 Å². The molecule has 6 heteroatoms. The molecule has 1 fully saturated rings. The van der Waals surface area contributed by atoms with E-state index in [1.165, 1.54) is 17.8 Å². The van der Waals surface area contributed by atoms with Gasteiger partial charge < -0.3 is 4.90 Å². The van der Waals surface area contributed by atoms with Crippen molar-refractivity contribution in [1.82, 2.24) is 9.80 Å². The minimum Gasteiger partial charge on any atom is -0.305 e. The third-order valence-corrected chi connectivity index (χ3v) is 5.02. The Morgan fingerprint density at radius 3 is 2.84 bits per heavy atom. The van der Waals surface area contributed by atoms with Crippen LogP contribution in [0.15, 0.2) is 6.07 Å². The van der Waals surface area contributed by atoms with Crippen molar-refractivity contribution < 1.29 is 4.79 Å². The Bertz CT molecular complexity index is 461. The smallest absolute Gasteiger partial charge is 0.179 e. The lowest BCUT2D eigenvalue weighted by Gasteiger charge is -2.35. The van der Waals surface area contributed by atoms with E-state index in [-0.39, 0.29) is 5.78 Å². The minimum atomic E-state index is 0.0626. The van der Waals surface area contributed by atoms with E-state index in [1.807, 2.05) is 0 Å². The molecule has 0 saturated carbocycles. The second-order valence-electron chi connectivity index (χ2n) is 5.16. The van der Waals surface area contributed by atoms with Gasteiger partial charge in [-0.3, -0.25) is 9.69 Å². The van der Waals surface area contributed by atoms with Crippen LogP contribution in [0, 0.1) is 0 Å². The number of carbonyl (C=O) groups is 1. The molecular weight excluding hydrogens is 303 g/mol. The van der Waals surface area contributed by atoms with Crippen LogP contribution in [-0.2, 0) is 0 Å². The second-order valence-corrected chi connectivity index (χ2v) is 7.44. The van der Waals surface area contributed by atoms with Crippen molar-refractivity contribution in [2.75, 3.05) is 33.7 Å². The summed E-state index contributed by atoms with van der Waals surface area (Å²) in [6.45, 7) is 2.34. The maximum Gasteiger partial charge on any atom is 0.179 e. The molecule has 19 heavy (non-hydrogen) atoms. The quantitative estimate of drug-likeness (QED) is 0.795. The molecule has 1 aliphatic rings. The van der Waals surface area contributed by atoms with Crippen molar-refractivity contribution in [3.05, 3.63) is 20.3 Å². The molecule has 0 bridgehead atoms. The zero-order chi connectivity index (χ0) is 14.0. The molecule has 1 aromatic rings. The van der Waals surface area contributed by atoms with Crippen molar-refractivity contribution in [2.45, 2.75) is 18.9 Å². The highest BCUT2D eigenvalue weighted by molar-refractivity contribution is 7.20. The first-order chi connectivity index (χ1) is 8.97. The Hall–Kier alpha value is -0.130. The van der Waals surface area contributed by atoms with Gasteiger partial charge in [-0.2, -0.15) is 0 Å². The van der Waals surface area contributed by atoms with Crippen LogP contribution in [0.1, 0.15) is 23.2 Å². The molecule has 0 spiro atoms. The van der Waals surface area contributed by atoms with Crippen LogP contribution in [0.25, 0.3) is 0 Å². The average molecular weight is 321 g/mol. The van der Waals surface area contributed by atoms with Crippen LogP contribution in [-0.4, -0.2) is 55.4 Å². The van der Waals surface area contributed by atoms with Gasteiger partial charge in [-0.25, -0.2) is 0 Å². The topological polar surface area (TPSA) is 23.6 Å². The van der Waals surface area contributed by atoms with Crippen LogP contribution >= 0.6 is 34.5 Å². The highest BCUT2D eigenvalue weighted by Crippen LogP contribution is 2.31. The standard InChI is InChI=1S/C13H18Cl2N2OS/c1-16(2)9-4-3-5-17(7-9)8-11(18)10-6-12(14)19-13(10)15/h6,9H,3-5,7-8H2,1-2H3. The lowest BCUT2D eigenvalue weighted by Crippen LogP contribution is -2.46. The lowest BCUT2D eigenvalue weighted by atomic mass is 10.0. The lowest BCUT2D eigenvalue weighted by molar-refractivity contribution is 0.0853. The van der Waals surface area contributed by atoms with E-state index in [9.17, 15) is 4.79 Å². The second kappa shape index (κ2) is 6.55. The van der Waals surface area contributed by atoms with E-state index in [1.54, 1.807) is 6.07 Å². The number of Topliss-reactive ketones (excluding diaryl/α,β-unsaturated/α-hetero) is 1. The van der Waals surface area contributed by atoms with Crippen LogP contribution in [0.3, 0.4) is 0 Å². The fraction of sp³-hybridized carbons (Fsp3) is 0.615. The zero-order valence-electron chi connectivity index (χ0n) is 11.2. The van der Waals surface area contributed by atoms with Crippen molar-refractivity contribution in [3.8, 4) is 0 Å². The largest absolute Gasteiger partial charge is 0.305 e. The van der Waals surface area contributed by atoms with Gasteiger partial charge >= 0.3 is 0 Å². The summed E-state index contributed by atoms with van der Waals surface area (Å²) in [6, 6.07) is 2.20. The van der Waals surface area contributed by atoms with Crippen molar-refractivity contribution in [1.29, 1.82) is 0 Å². The molecule has 0 aromatic carbocycles. The number of likely N-dealkylation sites (N-methyl/N-ethyl adjacent to an activating group) is 1. The Balaban J connectivity index is 1.97. The predicted octanol–water partition coefficient (Wildman–Crippen LogP) is 3.26. The number of carbonyl (C=O) groups excluding carboxylic acids is 1. The SMILES string of the molecule is CN(C)C1CCCN(CC(=O)c2cc(Cl)sc2Cl)C1. The monoisotopic (exact) mass is 320 g/mol. The third kappa shape index (κ3) is 3.92. The van der Waals surface area contributed by atoms with Gasteiger partial charge in [0, 0.05) is 12.6 Å². The fourth-order valence-electron chi connectivity index (χ4n) is 2.41. The zero-order valence-corrected chi connectivity index (χ0v) is 13.5. The van der Waals surface area contributed by atoms with E-state index < -0.39 is 0 Å². The maximum atomic E-state index is 12.2. The number of thiophene rings is 1. The van der Waals surface area contributed by atoms with Gasteiger partial charge in [-0.05, 0) is 39.5 Å². The van der Waals surface area contributed by atoms with Crippen molar-refractivity contribution >= 4 is 40.3 Å². The summed E-state index contributed by atoms with van der Waals surface area (Å²) < 4.78 is 1.06. The number of halogens is 2. The molecule has 0 N–H and O–H groups in total. The van der Waals surface area contributed by atoms with Gasteiger partial charge in [0.1, 0.15) is 4.34 Å². The molecule has 1 aromatic heterocycles. The van der Waals surface area contributed by atoms with E-state index in [0.717, 1.165) is 19.5 Å². The molecule has 1 atom stereocenters. The first-order valence-electron chi connectivity index (χ1n) is 6.34. The number of piperidine rings is 1. The molecule has 2 heterocycles. The van der Waals surface area contributed by atoms with Crippen LogP contribution in [0.2, 0.25) is 8.67 Å². The van der Waals surface area contributed by atoms with E-state index in [4.69, 9.17) is 23.2 Å². The Labute approximate surface area is 128 Å².